The molecule has 5 heteroatoms. The first-order valence-electron chi connectivity index (χ1n) is 6.06. The van der Waals surface area contributed by atoms with Gasteiger partial charge in [-0.05, 0) is 0 Å². The maximum Gasteiger partial charge on any atom is 0.236 e. The lowest BCUT2D eigenvalue weighted by atomic mass is 10.1. The van der Waals surface area contributed by atoms with Crippen LogP contribution in [-0.2, 0) is 16.6 Å². The summed E-state index contributed by atoms with van der Waals surface area (Å²) in [5.74, 6) is 0.453. The highest BCUT2D eigenvalue weighted by molar-refractivity contribution is 6.14. The first-order valence-corrected chi connectivity index (χ1v) is 6.06. The minimum absolute atomic E-state index is 0.00809. The maximum absolute atomic E-state index is 11.7. The summed E-state index contributed by atoms with van der Waals surface area (Å²) in [5.41, 5.74) is 1.78. The normalized spacial score (nSPS) is 15.3. The number of carbonyl (C=O) groups is 2. The van der Waals surface area contributed by atoms with Crippen molar-refractivity contribution in [3.63, 3.8) is 0 Å². The molecule has 0 radical (unpaired) electrons. The molecule has 0 aliphatic carbocycles. The van der Waals surface area contributed by atoms with Crippen LogP contribution in [0.2, 0.25) is 0 Å². The van der Waals surface area contributed by atoms with Gasteiger partial charge >= 0.3 is 0 Å². The molecule has 0 N–H and O–H groups in total. The molecule has 1 aliphatic rings. The summed E-state index contributed by atoms with van der Waals surface area (Å²) in [7, 11) is 1.78. The molecule has 1 fully saturated rings. The molecular formula is C14H13N3O2. The lowest BCUT2D eigenvalue weighted by Crippen LogP contribution is -2.26. The molecule has 1 saturated heterocycles. The zero-order valence-electron chi connectivity index (χ0n) is 10.5. The largest absolute Gasteiger partial charge is 0.297 e. The highest BCUT2D eigenvalue weighted by Crippen LogP contribution is 2.25. The molecule has 1 amide bonds. The van der Waals surface area contributed by atoms with Gasteiger partial charge in [0.1, 0.15) is 5.82 Å². The molecule has 2 aromatic rings. The van der Waals surface area contributed by atoms with Gasteiger partial charge in [0.2, 0.25) is 5.91 Å². The van der Waals surface area contributed by atoms with Gasteiger partial charge in [0.25, 0.3) is 0 Å². The average molecular weight is 255 g/mol. The van der Waals surface area contributed by atoms with Gasteiger partial charge in [-0.25, -0.2) is 0 Å². The summed E-state index contributed by atoms with van der Waals surface area (Å²) >= 11 is 0. The van der Waals surface area contributed by atoms with E-state index < -0.39 is 0 Å². The molecule has 3 rings (SSSR count). The molecule has 2 heterocycles. The van der Waals surface area contributed by atoms with Crippen LogP contribution in [0.3, 0.4) is 0 Å². The lowest BCUT2D eigenvalue weighted by Gasteiger charge is -2.13. The predicted molar refractivity (Wildman–Crippen MR) is 70.6 cm³/mol. The molecule has 5 nitrogen and oxygen atoms in total. The quantitative estimate of drug-likeness (QED) is 0.762. The summed E-state index contributed by atoms with van der Waals surface area (Å²) in [6.07, 6.45) is -0.00809. The van der Waals surface area contributed by atoms with E-state index in [1.54, 1.807) is 11.7 Å². The SMILES string of the molecule is Cn1nc(-c2ccccc2)cc1N1CC(=O)CC1=O. The number of ketones is 1. The van der Waals surface area contributed by atoms with Crippen molar-refractivity contribution in [3.05, 3.63) is 36.4 Å². The van der Waals surface area contributed by atoms with Crippen LogP contribution in [-0.4, -0.2) is 28.0 Å². The number of amides is 1. The Balaban J connectivity index is 1.99. The van der Waals surface area contributed by atoms with Crippen LogP contribution >= 0.6 is 0 Å². The van der Waals surface area contributed by atoms with Crippen LogP contribution in [0.5, 0.6) is 0 Å². The van der Waals surface area contributed by atoms with E-state index in [0.29, 0.717) is 5.82 Å². The molecule has 1 aliphatic heterocycles. The standard InChI is InChI=1S/C14H13N3O2/c1-16-13(17-9-11(18)7-14(17)19)8-12(15-16)10-5-3-2-4-6-10/h2-6,8H,7,9H2,1H3. The second-order valence-electron chi connectivity index (χ2n) is 4.57. The lowest BCUT2D eigenvalue weighted by molar-refractivity contribution is -0.121. The van der Waals surface area contributed by atoms with Crippen LogP contribution in [0.25, 0.3) is 11.3 Å². The molecule has 19 heavy (non-hydrogen) atoms. The first-order chi connectivity index (χ1) is 9.15. The Labute approximate surface area is 110 Å². The molecule has 0 bridgehead atoms. The third-order valence-electron chi connectivity index (χ3n) is 3.19. The van der Waals surface area contributed by atoms with Crippen LogP contribution in [0.1, 0.15) is 6.42 Å². The van der Waals surface area contributed by atoms with Gasteiger partial charge in [-0.2, -0.15) is 5.10 Å². The maximum atomic E-state index is 11.7. The van der Waals surface area contributed by atoms with Gasteiger partial charge in [0.05, 0.1) is 18.7 Å². The van der Waals surface area contributed by atoms with E-state index in [2.05, 4.69) is 5.10 Å². The monoisotopic (exact) mass is 255 g/mol. The summed E-state index contributed by atoms with van der Waals surface area (Å²) < 4.78 is 1.64. The Kier molecular flexibility index (Phi) is 2.67. The van der Waals surface area contributed by atoms with E-state index in [1.165, 1.54) is 4.90 Å². The highest BCUT2D eigenvalue weighted by Gasteiger charge is 2.30. The van der Waals surface area contributed by atoms with Crippen molar-refractivity contribution in [2.75, 3.05) is 11.4 Å². The number of Topliss-reactive ketones (excluding diaryl/α,β-unsaturated/α-hetero) is 1. The molecule has 0 unspecified atom stereocenters. The number of carbonyl (C=O) groups excluding carboxylic acids is 2. The Bertz CT molecular complexity index is 646. The third kappa shape index (κ3) is 2.03. The molecular weight excluding hydrogens is 242 g/mol. The first kappa shape index (κ1) is 11.6. The zero-order chi connectivity index (χ0) is 13.4. The number of hydrogen-bond acceptors (Lipinski definition) is 3. The number of benzene rings is 1. The van der Waals surface area contributed by atoms with Crippen LogP contribution in [0.4, 0.5) is 5.82 Å². The minimum Gasteiger partial charge on any atom is -0.297 e. The Morgan fingerprint density at radius 3 is 2.53 bits per heavy atom. The van der Waals surface area contributed by atoms with E-state index in [0.717, 1.165) is 11.3 Å². The van der Waals surface area contributed by atoms with Crippen molar-refractivity contribution in [1.82, 2.24) is 9.78 Å². The fourth-order valence-corrected chi connectivity index (χ4v) is 2.25. The van der Waals surface area contributed by atoms with Gasteiger partial charge in [-0.3, -0.25) is 19.2 Å². The average Bonchev–Trinajstić information content (AvgIpc) is 2.93. The van der Waals surface area contributed by atoms with E-state index in [4.69, 9.17) is 0 Å². The number of hydrogen-bond donors (Lipinski definition) is 0. The van der Waals surface area contributed by atoms with Crippen molar-refractivity contribution in [2.45, 2.75) is 6.42 Å². The molecule has 0 saturated carbocycles. The Morgan fingerprint density at radius 1 is 1.16 bits per heavy atom. The van der Waals surface area contributed by atoms with E-state index in [1.807, 2.05) is 36.4 Å². The zero-order valence-corrected chi connectivity index (χ0v) is 10.5. The summed E-state index contributed by atoms with van der Waals surface area (Å²) in [5, 5.41) is 4.40. The van der Waals surface area contributed by atoms with Crippen LogP contribution in [0.15, 0.2) is 36.4 Å². The van der Waals surface area contributed by atoms with Crippen LogP contribution in [0, 0.1) is 0 Å². The molecule has 1 aromatic carbocycles. The summed E-state index contributed by atoms with van der Waals surface area (Å²) in [6, 6.07) is 11.6. The van der Waals surface area contributed by atoms with Crippen molar-refractivity contribution in [2.24, 2.45) is 7.05 Å². The van der Waals surface area contributed by atoms with Crippen molar-refractivity contribution < 1.29 is 9.59 Å². The third-order valence-corrected chi connectivity index (χ3v) is 3.19. The minimum atomic E-state index is -0.160. The van der Waals surface area contributed by atoms with E-state index in [9.17, 15) is 9.59 Å². The molecule has 1 aromatic heterocycles. The fourth-order valence-electron chi connectivity index (χ4n) is 2.25. The van der Waals surface area contributed by atoms with Gasteiger partial charge in [0, 0.05) is 18.7 Å². The van der Waals surface area contributed by atoms with Gasteiger partial charge in [-0.1, -0.05) is 30.3 Å². The number of nitrogens with zero attached hydrogens (tertiary/aromatic N) is 3. The number of aromatic nitrogens is 2. The smallest absolute Gasteiger partial charge is 0.236 e. The Morgan fingerprint density at radius 2 is 1.89 bits per heavy atom. The molecule has 0 atom stereocenters. The van der Waals surface area contributed by atoms with E-state index >= 15 is 0 Å². The highest BCUT2D eigenvalue weighted by atomic mass is 16.2. The predicted octanol–water partition coefficient (Wildman–Crippen LogP) is 1.39. The summed E-state index contributed by atoms with van der Waals surface area (Å²) in [6.45, 7) is 0.145. The van der Waals surface area contributed by atoms with Crippen molar-refractivity contribution >= 4 is 17.5 Å². The van der Waals surface area contributed by atoms with E-state index in [-0.39, 0.29) is 24.7 Å². The Hall–Kier alpha value is -2.43. The fraction of sp³-hybridized carbons (Fsp3) is 0.214. The number of anilines is 1. The van der Waals surface area contributed by atoms with Crippen molar-refractivity contribution in [3.8, 4) is 11.3 Å². The number of rotatable bonds is 2. The molecule has 0 spiro atoms. The topological polar surface area (TPSA) is 55.2 Å². The van der Waals surface area contributed by atoms with Crippen molar-refractivity contribution in [1.29, 1.82) is 0 Å². The number of aryl methyl sites for hydroxylation is 1. The van der Waals surface area contributed by atoms with Crippen LogP contribution < -0.4 is 4.90 Å². The molecule has 96 valence electrons. The second-order valence-corrected chi connectivity index (χ2v) is 4.57. The second kappa shape index (κ2) is 4.35. The van der Waals surface area contributed by atoms with Gasteiger partial charge in [0.15, 0.2) is 5.78 Å². The van der Waals surface area contributed by atoms with Gasteiger partial charge in [-0.15, -0.1) is 0 Å². The van der Waals surface area contributed by atoms with Gasteiger partial charge < -0.3 is 0 Å². The summed E-state index contributed by atoms with van der Waals surface area (Å²) in [4.78, 5) is 24.6.